The van der Waals surface area contributed by atoms with Crippen LogP contribution in [0.5, 0.6) is 0 Å². The minimum absolute atomic E-state index is 0.0999. The molecule has 1 saturated heterocycles. The fourth-order valence-electron chi connectivity index (χ4n) is 3.57. The average molecular weight is 240 g/mol. The molecule has 1 aliphatic carbocycles. The highest BCUT2D eigenvalue weighted by Gasteiger charge is 2.34. The molecule has 100 valence electrons. The van der Waals surface area contributed by atoms with E-state index in [1.54, 1.807) is 0 Å². The second-order valence-electron chi connectivity index (χ2n) is 6.26. The molecule has 0 aromatic heterocycles. The van der Waals surface area contributed by atoms with Gasteiger partial charge in [0.05, 0.1) is 6.10 Å². The molecule has 0 aromatic rings. The summed E-state index contributed by atoms with van der Waals surface area (Å²) in [5.74, 6) is 0.775. The maximum atomic E-state index is 10.3. The second kappa shape index (κ2) is 5.68. The van der Waals surface area contributed by atoms with Crippen molar-refractivity contribution in [1.29, 1.82) is 0 Å². The van der Waals surface area contributed by atoms with Crippen molar-refractivity contribution in [3.8, 4) is 0 Å². The first kappa shape index (κ1) is 13.3. The molecule has 1 N–H and O–H groups in total. The van der Waals surface area contributed by atoms with E-state index in [0.29, 0.717) is 12.1 Å². The Hall–Kier alpha value is -0.120. The van der Waals surface area contributed by atoms with Gasteiger partial charge < -0.3 is 10.0 Å². The van der Waals surface area contributed by atoms with Gasteiger partial charge >= 0.3 is 0 Å². The molecule has 1 aliphatic heterocycles. The van der Waals surface area contributed by atoms with Gasteiger partial charge in [0.15, 0.2) is 0 Å². The standard InChI is InChI=1S/C14H28N2O/c1-11-5-6-14(17)13(9-11)16-8-4-7-15(3)10-12(16)2/h11-14,17H,4-10H2,1-3H3. The predicted molar refractivity (Wildman–Crippen MR) is 71.1 cm³/mol. The van der Waals surface area contributed by atoms with E-state index in [-0.39, 0.29) is 6.10 Å². The number of hydrogen-bond donors (Lipinski definition) is 1. The Bertz CT molecular complexity index is 246. The van der Waals surface area contributed by atoms with Crippen molar-refractivity contribution in [3.63, 3.8) is 0 Å². The first-order chi connectivity index (χ1) is 8.08. The van der Waals surface area contributed by atoms with E-state index in [0.717, 1.165) is 25.4 Å². The van der Waals surface area contributed by atoms with Crippen LogP contribution in [0.1, 0.15) is 39.5 Å². The Morgan fingerprint density at radius 2 is 1.88 bits per heavy atom. The summed E-state index contributed by atoms with van der Waals surface area (Å²) >= 11 is 0. The zero-order chi connectivity index (χ0) is 12.4. The molecular weight excluding hydrogens is 212 g/mol. The van der Waals surface area contributed by atoms with E-state index in [4.69, 9.17) is 0 Å². The minimum Gasteiger partial charge on any atom is -0.391 e. The molecule has 0 radical (unpaired) electrons. The smallest absolute Gasteiger partial charge is 0.0695 e. The van der Waals surface area contributed by atoms with Crippen molar-refractivity contribution in [2.75, 3.05) is 26.7 Å². The van der Waals surface area contributed by atoms with Crippen molar-refractivity contribution in [2.24, 2.45) is 5.92 Å². The lowest BCUT2D eigenvalue weighted by Crippen LogP contribution is -2.52. The van der Waals surface area contributed by atoms with Crippen LogP contribution in [0.2, 0.25) is 0 Å². The number of aliphatic hydroxyl groups is 1. The van der Waals surface area contributed by atoms with Crippen LogP contribution in [0.3, 0.4) is 0 Å². The van der Waals surface area contributed by atoms with Gasteiger partial charge in [-0.2, -0.15) is 0 Å². The molecule has 2 fully saturated rings. The van der Waals surface area contributed by atoms with Crippen molar-refractivity contribution in [2.45, 2.75) is 57.7 Å². The lowest BCUT2D eigenvalue weighted by molar-refractivity contribution is -0.00959. The lowest BCUT2D eigenvalue weighted by Gasteiger charge is -2.42. The van der Waals surface area contributed by atoms with Gasteiger partial charge in [-0.1, -0.05) is 6.92 Å². The molecule has 0 spiro atoms. The number of nitrogens with zero attached hydrogens (tertiary/aromatic N) is 2. The molecule has 4 unspecified atom stereocenters. The highest BCUT2D eigenvalue weighted by Crippen LogP contribution is 2.29. The van der Waals surface area contributed by atoms with Crippen LogP contribution in [-0.4, -0.2) is 59.8 Å². The predicted octanol–water partition coefficient (Wildman–Crippen LogP) is 1.56. The maximum Gasteiger partial charge on any atom is 0.0695 e. The zero-order valence-electron chi connectivity index (χ0n) is 11.6. The molecule has 3 nitrogen and oxygen atoms in total. The topological polar surface area (TPSA) is 26.7 Å². The van der Waals surface area contributed by atoms with E-state index in [1.165, 1.54) is 25.8 Å². The van der Waals surface area contributed by atoms with Crippen LogP contribution in [0.15, 0.2) is 0 Å². The fourth-order valence-corrected chi connectivity index (χ4v) is 3.57. The first-order valence-electron chi connectivity index (χ1n) is 7.20. The van der Waals surface area contributed by atoms with Crippen LogP contribution >= 0.6 is 0 Å². The Morgan fingerprint density at radius 1 is 1.12 bits per heavy atom. The van der Waals surface area contributed by atoms with Gasteiger partial charge in [-0.05, 0) is 52.1 Å². The minimum atomic E-state index is -0.0999. The SMILES string of the molecule is CC1CCC(O)C(N2CCCN(C)CC2C)C1. The molecule has 2 aliphatic rings. The highest BCUT2D eigenvalue weighted by atomic mass is 16.3. The Morgan fingerprint density at radius 3 is 2.65 bits per heavy atom. The maximum absolute atomic E-state index is 10.3. The van der Waals surface area contributed by atoms with Gasteiger partial charge in [-0.3, -0.25) is 4.90 Å². The summed E-state index contributed by atoms with van der Waals surface area (Å²) in [4.78, 5) is 4.99. The molecule has 0 aromatic carbocycles. The fraction of sp³-hybridized carbons (Fsp3) is 1.00. The third kappa shape index (κ3) is 3.21. The van der Waals surface area contributed by atoms with E-state index < -0.39 is 0 Å². The molecule has 2 rings (SSSR count). The molecule has 3 heteroatoms. The summed E-state index contributed by atoms with van der Waals surface area (Å²) in [5, 5.41) is 10.3. The molecule has 1 saturated carbocycles. The Balaban J connectivity index is 2.03. The van der Waals surface area contributed by atoms with Crippen LogP contribution in [0.25, 0.3) is 0 Å². The summed E-state index contributed by atoms with van der Waals surface area (Å²) in [7, 11) is 2.21. The van der Waals surface area contributed by atoms with Gasteiger partial charge in [-0.15, -0.1) is 0 Å². The molecule has 1 heterocycles. The normalized spacial score (nSPS) is 42.4. The number of rotatable bonds is 1. The van der Waals surface area contributed by atoms with Gasteiger partial charge in [0.1, 0.15) is 0 Å². The van der Waals surface area contributed by atoms with E-state index in [2.05, 4.69) is 30.7 Å². The van der Waals surface area contributed by atoms with Gasteiger partial charge in [0, 0.05) is 25.2 Å². The summed E-state index contributed by atoms with van der Waals surface area (Å²) in [5.41, 5.74) is 0. The zero-order valence-corrected chi connectivity index (χ0v) is 11.6. The third-order valence-corrected chi connectivity index (χ3v) is 4.57. The molecular formula is C14H28N2O. The van der Waals surface area contributed by atoms with E-state index >= 15 is 0 Å². The van der Waals surface area contributed by atoms with Crippen molar-refractivity contribution in [1.82, 2.24) is 9.80 Å². The summed E-state index contributed by atoms with van der Waals surface area (Å²) in [6.45, 7) is 8.12. The monoisotopic (exact) mass is 240 g/mol. The second-order valence-corrected chi connectivity index (χ2v) is 6.26. The number of likely N-dealkylation sites (N-methyl/N-ethyl adjacent to an activating group) is 1. The first-order valence-corrected chi connectivity index (χ1v) is 7.20. The van der Waals surface area contributed by atoms with Crippen molar-refractivity contribution < 1.29 is 5.11 Å². The highest BCUT2D eigenvalue weighted by molar-refractivity contribution is 4.89. The van der Waals surface area contributed by atoms with Crippen LogP contribution in [0, 0.1) is 5.92 Å². The number of hydrogen-bond acceptors (Lipinski definition) is 3. The summed E-state index contributed by atoms with van der Waals surface area (Å²) in [6.07, 6.45) is 4.50. The molecule has 0 bridgehead atoms. The van der Waals surface area contributed by atoms with Crippen LogP contribution in [-0.2, 0) is 0 Å². The average Bonchev–Trinajstić information content (AvgIpc) is 2.43. The Kier molecular flexibility index (Phi) is 4.45. The third-order valence-electron chi connectivity index (χ3n) is 4.57. The van der Waals surface area contributed by atoms with Crippen LogP contribution in [0.4, 0.5) is 0 Å². The summed E-state index contributed by atoms with van der Waals surface area (Å²) in [6, 6.07) is 0.979. The molecule has 4 atom stereocenters. The van der Waals surface area contributed by atoms with E-state index in [9.17, 15) is 5.11 Å². The van der Waals surface area contributed by atoms with Crippen molar-refractivity contribution >= 4 is 0 Å². The summed E-state index contributed by atoms with van der Waals surface area (Å²) < 4.78 is 0. The van der Waals surface area contributed by atoms with Crippen LogP contribution < -0.4 is 0 Å². The molecule has 17 heavy (non-hydrogen) atoms. The lowest BCUT2D eigenvalue weighted by atomic mass is 9.83. The van der Waals surface area contributed by atoms with Crippen molar-refractivity contribution in [3.05, 3.63) is 0 Å². The van der Waals surface area contributed by atoms with Gasteiger partial charge in [0.25, 0.3) is 0 Å². The van der Waals surface area contributed by atoms with E-state index in [1.807, 2.05) is 0 Å². The Labute approximate surface area is 106 Å². The largest absolute Gasteiger partial charge is 0.391 e. The number of aliphatic hydroxyl groups excluding tert-OH is 1. The van der Waals surface area contributed by atoms with Gasteiger partial charge in [0.2, 0.25) is 0 Å². The quantitative estimate of drug-likeness (QED) is 0.753. The molecule has 0 amide bonds. The van der Waals surface area contributed by atoms with Gasteiger partial charge in [-0.25, -0.2) is 0 Å².